The van der Waals surface area contributed by atoms with E-state index < -0.39 is 10.8 Å². The van der Waals surface area contributed by atoms with Crippen molar-refractivity contribution < 1.29 is 4.21 Å². The van der Waals surface area contributed by atoms with Gasteiger partial charge in [-0.3, -0.25) is 4.21 Å². The Labute approximate surface area is 61.7 Å². The number of hydrogen-bond acceptors (Lipinski definition) is 3. The van der Waals surface area contributed by atoms with E-state index in [1.54, 1.807) is 17.9 Å². The van der Waals surface area contributed by atoms with E-state index in [-0.39, 0.29) is 0 Å². The molecule has 4 nitrogen and oxygen atoms in total. The molecular weight excluding hydrogens is 150 g/mol. The summed E-state index contributed by atoms with van der Waals surface area (Å²) >= 11 is 0. The third-order valence-electron chi connectivity index (χ3n) is 1.14. The summed E-state index contributed by atoms with van der Waals surface area (Å²) in [6, 6.07) is 0. The summed E-state index contributed by atoms with van der Waals surface area (Å²) < 4.78 is 12.7. The van der Waals surface area contributed by atoms with Crippen LogP contribution in [0, 0.1) is 0 Å². The lowest BCUT2D eigenvalue weighted by atomic mass is 11.0. The molecule has 1 atom stereocenters. The molecule has 0 aromatic carbocycles. The molecule has 0 saturated carbocycles. The maximum absolute atomic E-state index is 11.1. The predicted molar refractivity (Wildman–Crippen MR) is 38.0 cm³/mol. The van der Waals surface area contributed by atoms with Crippen molar-refractivity contribution in [1.82, 2.24) is 14.8 Å². The van der Waals surface area contributed by atoms with Crippen LogP contribution in [0.5, 0.6) is 0 Å². The lowest BCUT2D eigenvalue weighted by Gasteiger charge is -1.94. The Hall–Kier alpha value is -0.710. The van der Waals surface area contributed by atoms with Gasteiger partial charge in [-0.2, -0.15) is 0 Å². The highest BCUT2D eigenvalue weighted by atomic mass is 32.2. The first-order chi connectivity index (χ1) is 4.75. The standard InChI is InChI=1S/C5H9N3OS/c1-3-10(9)5-7-6-4-8(5)2/h4H,3H2,1-2H3. The Kier molecular flexibility index (Phi) is 2.16. The monoisotopic (exact) mass is 159 g/mol. The van der Waals surface area contributed by atoms with E-state index in [4.69, 9.17) is 0 Å². The lowest BCUT2D eigenvalue weighted by molar-refractivity contribution is 0.665. The maximum Gasteiger partial charge on any atom is 0.221 e. The molecule has 0 saturated heterocycles. The molecule has 0 radical (unpaired) electrons. The smallest absolute Gasteiger partial charge is 0.221 e. The quantitative estimate of drug-likeness (QED) is 0.607. The lowest BCUT2D eigenvalue weighted by Crippen LogP contribution is -2.02. The Balaban J connectivity index is 2.93. The molecule has 1 rings (SSSR count). The minimum atomic E-state index is -0.981. The van der Waals surface area contributed by atoms with Crippen molar-refractivity contribution in [3.05, 3.63) is 6.33 Å². The molecule has 1 aromatic rings. The molecule has 0 N–H and O–H groups in total. The van der Waals surface area contributed by atoms with Gasteiger partial charge in [0.1, 0.15) is 6.33 Å². The predicted octanol–water partition coefficient (Wildman–Crippen LogP) is -0.0574. The number of aromatic nitrogens is 3. The first-order valence-corrected chi connectivity index (χ1v) is 4.30. The third kappa shape index (κ3) is 1.23. The van der Waals surface area contributed by atoms with Crippen LogP contribution in [-0.4, -0.2) is 24.7 Å². The Bertz CT molecular complexity index is 245. The van der Waals surface area contributed by atoms with Crippen molar-refractivity contribution in [3.8, 4) is 0 Å². The average Bonchev–Trinajstić information content (AvgIpc) is 2.34. The maximum atomic E-state index is 11.1. The number of nitrogens with zero attached hydrogens (tertiary/aromatic N) is 3. The molecule has 56 valence electrons. The second-order valence-corrected chi connectivity index (χ2v) is 3.49. The van der Waals surface area contributed by atoms with Crippen molar-refractivity contribution in [2.24, 2.45) is 7.05 Å². The average molecular weight is 159 g/mol. The summed E-state index contributed by atoms with van der Waals surface area (Å²) in [4.78, 5) is 0. The Morgan fingerprint density at radius 3 is 2.90 bits per heavy atom. The van der Waals surface area contributed by atoms with Crippen LogP contribution in [0.1, 0.15) is 6.92 Å². The van der Waals surface area contributed by atoms with Gasteiger partial charge in [-0.25, -0.2) is 0 Å². The van der Waals surface area contributed by atoms with Crippen molar-refractivity contribution in [3.63, 3.8) is 0 Å². The zero-order valence-corrected chi connectivity index (χ0v) is 6.76. The van der Waals surface area contributed by atoms with Crippen LogP contribution in [0.3, 0.4) is 0 Å². The summed E-state index contributed by atoms with van der Waals surface area (Å²) in [7, 11) is 0.799. The van der Waals surface area contributed by atoms with E-state index in [1.165, 1.54) is 0 Å². The van der Waals surface area contributed by atoms with E-state index in [2.05, 4.69) is 10.2 Å². The van der Waals surface area contributed by atoms with Gasteiger partial charge in [0.15, 0.2) is 0 Å². The van der Waals surface area contributed by atoms with Gasteiger partial charge < -0.3 is 4.57 Å². The van der Waals surface area contributed by atoms with E-state index in [0.717, 1.165) is 0 Å². The van der Waals surface area contributed by atoms with Gasteiger partial charge in [-0.1, -0.05) is 6.92 Å². The molecule has 5 heteroatoms. The van der Waals surface area contributed by atoms with Crippen LogP contribution >= 0.6 is 0 Å². The number of rotatable bonds is 2. The fraction of sp³-hybridized carbons (Fsp3) is 0.600. The normalized spacial score (nSPS) is 13.4. The first kappa shape index (κ1) is 7.40. The highest BCUT2D eigenvalue weighted by Crippen LogP contribution is 1.98. The van der Waals surface area contributed by atoms with Crippen molar-refractivity contribution in [1.29, 1.82) is 0 Å². The molecule has 1 unspecified atom stereocenters. The Morgan fingerprint density at radius 1 is 1.80 bits per heavy atom. The third-order valence-corrected chi connectivity index (χ3v) is 2.44. The highest BCUT2D eigenvalue weighted by Gasteiger charge is 2.05. The van der Waals surface area contributed by atoms with Gasteiger partial charge >= 0.3 is 0 Å². The summed E-state index contributed by atoms with van der Waals surface area (Å²) in [6.45, 7) is 1.85. The summed E-state index contributed by atoms with van der Waals surface area (Å²) in [5.41, 5.74) is 0. The van der Waals surface area contributed by atoms with Crippen molar-refractivity contribution >= 4 is 10.8 Å². The molecule has 0 fully saturated rings. The largest absolute Gasteiger partial charge is 0.310 e. The van der Waals surface area contributed by atoms with Crippen LogP contribution in [0.4, 0.5) is 0 Å². The zero-order chi connectivity index (χ0) is 7.56. The topological polar surface area (TPSA) is 47.8 Å². The fourth-order valence-electron chi connectivity index (χ4n) is 0.608. The molecule has 0 aliphatic carbocycles. The van der Waals surface area contributed by atoms with Crippen LogP contribution < -0.4 is 0 Å². The van der Waals surface area contributed by atoms with Crippen molar-refractivity contribution in [2.75, 3.05) is 5.75 Å². The molecule has 0 aliphatic rings. The van der Waals surface area contributed by atoms with Crippen LogP contribution in [0.25, 0.3) is 0 Å². The minimum absolute atomic E-state index is 0.544. The molecule has 0 spiro atoms. The van der Waals surface area contributed by atoms with Gasteiger partial charge in [-0.15, -0.1) is 10.2 Å². The molecule has 0 aliphatic heterocycles. The Morgan fingerprint density at radius 2 is 2.50 bits per heavy atom. The van der Waals surface area contributed by atoms with Gasteiger partial charge in [0, 0.05) is 12.8 Å². The fourth-order valence-corrected chi connectivity index (χ4v) is 1.37. The van der Waals surface area contributed by atoms with Crippen LogP contribution in [-0.2, 0) is 17.8 Å². The van der Waals surface area contributed by atoms with E-state index in [1.807, 2.05) is 6.92 Å². The summed E-state index contributed by atoms with van der Waals surface area (Å²) in [5.74, 6) is 0.590. The second-order valence-electron chi connectivity index (χ2n) is 1.86. The zero-order valence-electron chi connectivity index (χ0n) is 5.94. The SMILES string of the molecule is CCS(=O)c1nncn1C. The van der Waals surface area contributed by atoms with Crippen LogP contribution in [0.2, 0.25) is 0 Å². The second kappa shape index (κ2) is 2.92. The minimum Gasteiger partial charge on any atom is -0.310 e. The molecular formula is C5H9N3OS. The van der Waals surface area contributed by atoms with Gasteiger partial charge in [0.2, 0.25) is 5.16 Å². The first-order valence-electron chi connectivity index (χ1n) is 2.98. The number of hydrogen-bond donors (Lipinski definition) is 0. The molecule has 1 aromatic heterocycles. The van der Waals surface area contributed by atoms with E-state index in [9.17, 15) is 4.21 Å². The van der Waals surface area contributed by atoms with Gasteiger partial charge in [0.05, 0.1) is 10.8 Å². The molecule has 0 bridgehead atoms. The number of aryl methyl sites for hydroxylation is 1. The van der Waals surface area contributed by atoms with E-state index >= 15 is 0 Å². The van der Waals surface area contributed by atoms with E-state index in [0.29, 0.717) is 10.9 Å². The van der Waals surface area contributed by atoms with Gasteiger partial charge in [0.25, 0.3) is 0 Å². The van der Waals surface area contributed by atoms with Gasteiger partial charge in [-0.05, 0) is 0 Å². The van der Waals surface area contributed by atoms with Crippen molar-refractivity contribution in [2.45, 2.75) is 12.1 Å². The highest BCUT2D eigenvalue weighted by molar-refractivity contribution is 7.84. The summed E-state index contributed by atoms with van der Waals surface area (Å²) in [5, 5.41) is 7.85. The summed E-state index contributed by atoms with van der Waals surface area (Å²) in [6.07, 6.45) is 1.54. The van der Waals surface area contributed by atoms with Crippen LogP contribution in [0.15, 0.2) is 11.5 Å². The molecule has 1 heterocycles. The molecule has 0 amide bonds. The molecule has 10 heavy (non-hydrogen) atoms.